The minimum atomic E-state index is -3.02. The van der Waals surface area contributed by atoms with Gasteiger partial charge in [0.05, 0.1) is 16.1 Å². The third-order valence-electron chi connectivity index (χ3n) is 5.14. The molecule has 21 heavy (non-hydrogen) atoms. The van der Waals surface area contributed by atoms with Gasteiger partial charge in [0, 0.05) is 0 Å². The highest BCUT2D eigenvalue weighted by atomic mass is 32.2. The van der Waals surface area contributed by atoms with E-state index >= 15 is 0 Å². The van der Waals surface area contributed by atoms with Gasteiger partial charge in [0.25, 0.3) is 0 Å². The summed E-state index contributed by atoms with van der Waals surface area (Å²) in [6.07, 6.45) is 5.24. The summed E-state index contributed by atoms with van der Waals surface area (Å²) in [6, 6.07) is 8.10. The summed E-state index contributed by atoms with van der Waals surface area (Å²) in [4.78, 5) is 0. The van der Waals surface area contributed by atoms with Crippen LogP contribution < -0.4 is 0 Å². The Labute approximate surface area is 127 Å². The lowest BCUT2D eigenvalue weighted by atomic mass is 9.80. The van der Waals surface area contributed by atoms with Crippen LogP contribution in [0.5, 0.6) is 0 Å². The monoisotopic (exact) mass is 308 g/mol. The number of aliphatic hydroxyl groups is 1. The molecule has 3 nitrogen and oxygen atoms in total. The quantitative estimate of drug-likeness (QED) is 0.934. The Kier molecular flexibility index (Phi) is 3.87. The first kappa shape index (κ1) is 15.0. The van der Waals surface area contributed by atoms with Gasteiger partial charge in [-0.25, -0.2) is 8.42 Å². The summed E-state index contributed by atoms with van der Waals surface area (Å²) in [5, 5.41) is 10.3. The number of benzene rings is 1. The van der Waals surface area contributed by atoms with Crippen molar-refractivity contribution in [1.29, 1.82) is 0 Å². The molecule has 1 aromatic carbocycles. The van der Waals surface area contributed by atoms with Crippen molar-refractivity contribution in [3.63, 3.8) is 0 Å². The third-order valence-corrected chi connectivity index (χ3v) is 7.81. The Morgan fingerprint density at radius 3 is 2.24 bits per heavy atom. The van der Waals surface area contributed by atoms with E-state index in [2.05, 4.69) is 19.1 Å². The molecule has 2 aliphatic rings. The van der Waals surface area contributed by atoms with Gasteiger partial charge in [0.1, 0.15) is 0 Å². The molecule has 1 aromatic rings. The Balaban J connectivity index is 1.88. The lowest BCUT2D eigenvalue weighted by Crippen LogP contribution is -2.50. The van der Waals surface area contributed by atoms with Gasteiger partial charge < -0.3 is 5.11 Å². The Bertz CT molecular complexity index is 583. The van der Waals surface area contributed by atoms with Gasteiger partial charge in [0.2, 0.25) is 0 Å². The summed E-state index contributed by atoms with van der Waals surface area (Å²) >= 11 is 0. The van der Waals surface area contributed by atoms with Crippen LogP contribution in [0, 0.1) is 0 Å². The summed E-state index contributed by atoms with van der Waals surface area (Å²) in [5.41, 5.74) is 1.19. The average Bonchev–Trinajstić information content (AvgIpc) is 2.42. The normalized spacial score (nSPS) is 34.6. The first-order valence-corrected chi connectivity index (χ1v) is 9.61. The summed E-state index contributed by atoms with van der Waals surface area (Å²) in [5.74, 6) is 0. The Hall–Kier alpha value is -0.870. The van der Waals surface area contributed by atoms with Crippen LogP contribution in [0.25, 0.3) is 0 Å². The third kappa shape index (κ3) is 2.64. The van der Waals surface area contributed by atoms with Crippen molar-refractivity contribution in [3.05, 3.63) is 35.4 Å². The van der Waals surface area contributed by atoms with Gasteiger partial charge in [0.15, 0.2) is 9.84 Å². The van der Waals surface area contributed by atoms with Crippen LogP contribution in [0.2, 0.25) is 0 Å². The van der Waals surface area contributed by atoms with E-state index in [1.807, 2.05) is 12.1 Å². The highest BCUT2D eigenvalue weighted by Crippen LogP contribution is 2.46. The van der Waals surface area contributed by atoms with E-state index in [9.17, 15) is 13.5 Å². The highest BCUT2D eigenvalue weighted by molar-refractivity contribution is 7.92. The summed E-state index contributed by atoms with van der Waals surface area (Å²) in [7, 11) is -3.02. The maximum Gasteiger partial charge on any atom is 0.156 e. The van der Waals surface area contributed by atoms with E-state index in [1.165, 1.54) is 5.56 Å². The van der Waals surface area contributed by atoms with E-state index < -0.39 is 15.4 Å². The molecule has 116 valence electrons. The molecule has 2 bridgehead atoms. The van der Waals surface area contributed by atoms with Crippen LogP contribution >= 0.6 is 0 Å². The van der Waals surface area contributed by atoms with E-state index in [0.717, 1.165) is 24.8 Å². The largest absolute Gasteiger partial charge is 0.385 e. The standard InChI is InChI=1S/C17H24O3S/c1-2-4-13-7-9-14(10-8-13)17(18)11-15-5-3-6-16(12-17)21(15,19)20/h7-10,15-16,18H,2-6,11-12H2,1H3. The Morgan fingerprint density at radius 2 is 1.71 bits per heavy atom. The molecule has 2 heterocycles. The van der Waals surface area contributed by atoms with E-state index in [4.69, 9.17) is 0 Å². The molecule has 0 radical (unpaired) electrons. The number of rotatable bonds is 3. The van der Waals surface area contributed by atoms with Gasteiger partial charge >= 0.3 is 0 Å². The maximum absolute atomic E-state index is 12.3. The van der Waals surface area contributed by atoms with Gasteiger partial charge in [-0.2, -0.15) is 0 Å². The van der Waals surface area contributed by atoms with Crippen LogP contribution in [-0.4, -0.2) is 24.0 Å². The SMILES string of the molecule is CCCc1ccc(C2(O)CC3CCCC(C2)S3(=O)=O)cc1. The molecule has 3 rings (SSSR count). The summed E-state index contributed by atoms with van der Waals surface area (Å²) in [6.45, 7) is 2.15. The molecule has 0 spiro atoms. The predicted molar refractivity (Wildman–Crippen MR) is 83.9 cm³/mol. The highest BCUT2D eigenvalue weighted by Gasteiger charge is 2.50. The van der Waals surface area contributed by atoms with Crippen molar-refractivity contribution in [2.24, 2.45) is 0 Å². The average molecular weight is 308 g/mol. The van der Waals surface area contributed by atoms with Crippen LogP contribution in [0.1, 0.15) is 56.6 Å². The fraction of sp³-hybridized carbons (Fsp3) is 0.647. The number of hydrogen-bond donors (Lipinski definition) is 1. The van der Waals surface area contributed by atoms with Crippen molar-refractivity contribution < 1.29 is 13.5 Å². The second-order valence-corrected chi connectivity index (χ2v) is 9.16. The number of aryl methyl sites for hydroxylation is 1. The molecular formula is C17H24O3S. The van der Waals surface area contributed by atoms with Gasteiger partial charge in [-0.15, -0.1) is 0 Å². The number of hydrogen-bond acceptors (Lipinski definition) is 3. The van der Waals surface area contributed by atoms with Crippen molar-refractivity contribution in [2.75, 3.05) is 0 Å². The number of sulfone groups is 1. The summed E-state index contributed by atoms with van der Waals surface area (Å²) < 4.78 is 24.7. The molecule has 2 fully saturated rings. The lowest BCUT2D eigenvalue weighted by Gasteiger charge is -2.44. The first-order chi connectivity index (χ1) is 9.95. The molecule has 1 N–H and O–H groups in total. The fourth-order valence-electron chi connectivity index (χ4n) is 3.95. The van der Waals surface area contributed by atoms with Gasteiger partial charge in [-0.1, -0.05) is 44.0 Å². The molecule has 0 saturated carbocycles. The van der Waals surface area contributed by atoms with Crippen molar-refractivity contribution in [2.45, 2.75) is 68.0 Å². The van der Waals surface area contributed by atoms with Gasteiger partial charge in [-0.3, -0.25) is 0 Å². The van der Waals surface area contributed by atoms with Crippen LogP contribution in [0.3, 0.4) is 0 Å². The van der Waals surface area contributed by atoms with Crippen LogP contribution in [0.4, 0.5) is 0 Å². The van der Waals surface area contributed by atoms with Crippen LogP contribution in [-0.2, 0) is 21.9 Å². The van der Waals surface area contributed by atoms with E-state index in [1.54, 1.807) is 0 Å². The van der Waals surface area contributed by atoms with Crippen molar-refractivity contribution in [1.82, 2.24) is 0 Å². The predicted octanol–water partition coefficient (Wildman–Crippen LogP) is 2.96. The molecule has 0 aromatic heterocycles. The fourth-order valence-corrected chi connectivity index (χ4v) is 6.50. The zero-order chi connectivity index (χ0) is 15.1. The number of fused-ring (bicyclic) bond motifs is 2. The minimum Gasteiger partial charge on any atom is -0.385 e. The molecule has 2 aliphatic heterocycles. The molecular weight excluding hydrogens is 284 g/mol. The zero-order valence-electron chi connectivity index (χ0n) is 12.6. The topological polar surface area (TPSA) is 54.4 Å². The van der Waals surface area contributed by atoms with E-state index in [-0.39, 0.29) is 10.5 Å². The first-order valence-electron chi connectivity index (χ1n) is 8.00. The molecule has 4 heteroatoms. The van der Waals surface area contributed by atoms with Crippen molar-refractivity contribution in [3.8, 4) is 0 Å². The lowest BCUT2D eigenvalue weighted by molar-refractivity contribution is 0.00500. The second kappa shape index (κ2) is 5.40. The smallest absolute Gasteiger partial charge is 0.156 e. The van der Waals surface area contributed by atoms with Gasteiger partial charge in [-0.05, 0) is 43.2 Å². The van der Waals surface area contributed by atoms with Crippen LogP contribution in [0.15, 0.2) is 24.3 Å². The van der Waals surface area contributed by atoms with E-state index in [0.29, 0.717) is 25.7 Å². The zero-order valence-corrected chi connectivity index (χ0v) is 13.4. The van der Waals surface area contributed by atoms with Crippen molar-refractivity contribution >= 4 is 9.84 Å². The molecule has 2 atom stereocenters. The minimum absolute atomic E-state index is 0.356. The molecule has 0 amide bonds. The molecule has 2 saturated heterocycles. The Morgan fingerprint density at radius 1 is 1.14 bits per heavy atom. The molecule has 2 unspecified atom stereocenters. The molecule has 0 aliphatic carbocycles. The second-order valence-electron chi connectivity index (χ2n) is 6.65. The maximum atomic E-state index is 12.3.